The summed E-state index contributed by atoms with van der Waals surface area (Å²) < 4.78 is 0. The lowest BCUT2D eigenvalue weighted by Gasteiger charge is -2.17. The normalized spacial score (nSPS) is 12.2. The minimum atomic E-state index is -0.185. The fourth-order valence-electron chi connectivity index (χ4n) is 3.44. The van der Waals surface area contributed by atoms with Crippen molar-refractivity contribution in [3.63, 3.8) is 0 Å². The zero-order valence-corrected chi connectivity index (χ0v) is 18.3. The number of nitrogens with one attached hydrogen (secondary N) is 1. The molecule has 0 spiro atoms. The largest absolute Gasteiger partial charge is 0.325 e. The van der Waals surface area contributed by atoms with E-state index in [1.807, 2.05) is 26.0 Å². The third-order valence-electron chi connectivity index (χ3n) is 5.22. The Morgan fingerprint density at radius 3 is 2.50 bits per heavy atom. The number of hydrogen-bond acceptors (Lipinski definition) is 3. The van der Waals surface area contributed by atoms with Crippen LogP contribution >= 0.6 is 11.8 Å². The van der Waals surface area contributed by atoms with Crippen molar-refractivity contribution in [1.82, 2.24) is 4.98 Å². The lowest BCUT2D eigenvalue weighted by atomic mass is 10.0. The number of fused-ring (bicyclic) bond motifs is 1. The van der Waals surface area contributed by atoms with E-state index in [9.17, 15) is 4.79 Å². The average molecular weight is 393 g/mol. The number of thioether (sulfide) groups is 1. The second-order valence-corrected chi connectivity index (χ2v) is 8.73. The fraction of sp³-hybridized carbons (Fsp3) is 0.333. The second-order valence-electron chi connectivity index (χ2n) is 7.51. The second kappa shape index (κ2) is 8.36. The first-order valence-corrected chi connectivity index (χ1v) is 10.6. The maximum Gasteiger partial charge on any atom is 0.237 e. The maximum atomic E-state index is 12.9. The van der Waals surface area contributed by atoms with Gasteiger partial charge in [0.05, 0.1) is 15.8 Å². The molecule has 0 aliphatic rings. The molecule has 1 aromatic heterocycles. The van der Waals surface area contributed by atoms with Crippen LogP contribution in [0.1, 0.15) is 41.2 Å². The number of amides is 1. The summed E-state index contributed by atoms with van der Waals surface area (Å²) in [5, 5.41) is 5.01. The number of hydrogen-bond donors (Lipinski definition) is 1. The van der Waals surface area contributed by atoms with E-state index in [0.717, 1.165) is 28.2 Å². The molecule has 1 atom stereocenters. The molecule has 146 valence electrons. The van der Waals surface area contributed by atoms with Crippen LogP contribution in [0, 0.1) is 34.6 Å². The summed E-state index contributed by atoms with van der Waals surface area (Å²) in [5.41, 5.74) is 7.82. The summed E-state index contributed by atoms with van der Waals surface area (Å²) in [6.45, 7) is 12.5. The van der Waals surface area contributed by atoms with Crippen LogP contribution in [-0.4, -0.2) is 16.1 Å². The van der Waals surface area contributed by atoms with Gasteiger partial charge in [-0.1, -0.05) is 42.4 Å². The van der Waals surface area contributed by atoms with Gasteiger partial charge in [0.1, 0.15) is 0 Å². The Labute approximate surface area is 172 Å². The van der Waals surface area contributed by atoms with Crippen LogP contribution in [0.3, 0.4) is 0 Å². The molecule has 1 unspecified atom stereocenters. The molecule has 0 fully saturated rings. The number of anilines is 1. The number of aryl methyl sites for hydroxylation is 4. The molecule has 4 heteroatoms. The lowest BCUT2D eigenvalue weighted by Crippen LogP contribution is -2.25. The minimum Gasteiger partial charge on any atom is -0.325 e. The van der Waals surface area contributed by atoms with Crippen LogP contribution < -0.4 is 5.32 Å². The highest BCUT2D eigenvalue weighted by Gasteiger charge is 2.20. The molecule has 1 N–H and O–H groups in total. The molecule has 28 heavy (non-hydrogen) atoms. The van der Waals surface area contributed by atoms with Crippen molar-refractivity contribution in [2.45, 2.75) is 58.2 Å². The first-order chi connectivity index (χ1) is 13.3. The number of pyridine rings is 1. The summed E-state index contributed by atoms with van der Waals surface area (Å²) >= 11 is 1.54. The Balaban J connectivity index is 1.86. The van der Waals surface area contributed by atoms with E-state index in [2.05, 4.69) is 57.3 Å². The molecule has 1 heterocycles. The zero-order chi connectivity index (χ0) is 20.4. The molecule has 0 saturated heterocycles. The van der Waals surface area contributed by atoms with Crippen molar-refractivity contribution in [1.29, 1.82) is 0 Å². The standard InChI is InChI=1S/C24H28N2OS/c1-7-21(24(27)25-20-10-8-9-15(3)18(20)6)28-22-13-16(4)19-12-14(2)11-17(5)23(19)26-22/h8-13,21H,7H2,1-6H3,(H,25,27). The van der Waals surface area contributed by atoms with Crippen LogP contribution in [0.5, 0.6) is 0 Å². The summed E-state index contributed by atoms with van der Waals surface area (Å²) in [5.74, 6) is 0.0291. The molecular weight excluding hydrogens is 364 g/mol. The van der Waals surface area contributed by atoms with Crippen molar-refractivity contribution in [3.8, 4) is 0 Å². The van der Waals surface area contributed by atoms with Crippen molar-refractivity contribution < 1.29 is 4.79 Å². The Hall–Kier alpha value is -2.33. The van der Waals surface area contributed by atoms with Gasteiger partial charge in [-0.2, -0.15) is 0 Å². The summed E-state index contributed by atoms with van der Waals surface area (Å²) in [6, 6.07) is 12.4. The van der Waals surface area contributed by atoms with Gasteiger partial charge in [0.2, 0.25) is 5.91 Å². The monoisotopic (exact) mass is 392 g/mol. The summed E-state index contributed by atoms with van der Waals surface area (Å²) in [4.78, 5) is 17.8. The van der Waals surface area contributed by atoms with Gasteiger partial charge in [0.15, 0.2) is 0 Å². The van der Waals surface area contributed by atoms with Crippen LogP contribution in [0.2, 0.25) is 0 Å². The Morgan fingerprint density at radius 1 is 1.04 bits per heavy atom. The predicted octanol–water partition coefficient (Wildman–Crippen LogP) is 6.29. The predicted molar refractivity (Wildman–Crippen MR) is 120 cm³/mol. The number of carbonyl (C=O) groups excluding carboxylic acids is 1. The van der Waals surface area contributed by atoms with Crippen molar-refractivity contribution in [2.24, 2.45) is 0 Å². The van der Waals surface area contributed by atoms with Crippen LogP contribution in [0.15, 0.2) is 41.4 Å². The van der Waals surface area contributed by atoms with Gasteiger partial charge >= 0.3 is 0 Å². The molecule has 0 aliphatic carbocycles. The van der Waals surface area contributed by atoms with Gasteiger partial charge < -0.3 is 5.32 Å². The molecule has 0 aliphatic heterocycles. The molecule has 0 radical (unpaired) electrons. The molecule has 2 aromatic carbocycles. The van der Waals surface area contributed by atoms with E-state index in [4.69, 9.17) is 4.98 Å². The topological polar surface area (TPSA) is 42.0 Å². The fourth-order valence-corrected chi connectivity index (χ4v) is 4.46. The third-order valence-corrected chi connectivity index (χ3v) is 6.50. The van der Waals surface area contributed by atoms with Gasteiger partial charge in [-0.3, -0.25) is 4.79 Å². The quantitative estimate of drug-likeness (QED) is 0.519. The summed E-state index contributed by atoms with van der Waals surface area (Å²) in [7, 11) is 0. The molecular formula is C24H28N2OS. The molecule has 3 nitrogen and oxygen atoms in total. The Bertz CT molecular complexity index is 1040. The van der Waals surface area contributed by atoms with Gasteiger partial charge in [-0.25, -0.2) is 4.98 Å². The molecule has 3 rings (SSSR count). The first kappa shape index (κ1) is 20.4. The van der Waals surface area contributed by atoms with Gasteiger partial charge in [0.25, 0.3) is 0 Å². The highest BCUT2D eigenvalue weighted by atomic mass is 32.2. The Morgan fingerprint density at radius 2 is 1.79 bits per heavy atom. The van der Waals surface area contributed by atoms with E-state index in [1.54, 1.807) is 11.8 Å². The van der Waals surface area contributed by atoms with Gasteiger partial charge in [-0.05, 0) is 81.5 Å². The first-order valence-electron chi connectivity index (χ1n) is 9.72. The highest BCUT2D eigenvalue weighted by molar-refractivity contribution is 8.00. The van der Waals surface area contributed by atoms with E-state index in [-0.39, 0.29) is 11.2 Å². The number of benzene rings is 2. The average Bonchev–Trinajstić information content (AvgIpc) is 2.64. The number of aromatic nitrogens is 1. The number of carbonyl (C=O) groups is 1. The highest BCUT2D eigenvalue weighted by Crippen LogP contribution is 2.31. The van der Waals surface area contributed by atoms with E-state index in [0.29, 0.717) is 0 Å². The van der Waals surface area contributed by atoms with E-state index in [1.165, 1.54) is 27.6 Å². The van der Waals surface area contributed by atoms with Crippen molar-refractivity contribution in [3.05, 3.63) is 64.2 Å². The Kier molecular flexibility index (Phi) is 6.09. The van der Waals surface area contributed by atoms with Crippen molar-refractivity contribution >= 4 is 34.3 Å². The molecule has 3 aromatic rings. The van der Waals surface area contributed by atoms with Crippen LogP contribution in [0.4, 0.5) is 5.69 Å². The molecule has 1 amide bonds. The van der Waals surface area contributed by atoms with Crippen LogP contribution in [0.25, 0.3) is 10.9 Å². The van der Waals surface area contributed by atoms with E-state index < -0.39 is 0 Å². The number of rotatable bonds is 5. The zero-order valence-electron chi connectivity index (χ0n) is 17.5. The van der Waals surface area contributed by atoms with Crippen molar-refractivity contribution in [2.75, 3.05) is 5.32 Å². The molecule has 0 bridgehead atoms. The maximum absolute atomic E-state index is 12.9. The minimum absolute atomic E-state index is 0.0291. The van der Waals surface area contributed by atoms with Gasteiger partial charge in [-0.15, -0.1) is 0 Å². The molecule has 0 saturated carbocycles. The van der Waals surface area contributed by atoms with Gasteiger partial charge in [0, 0.05) is 11.1 Å². The summed E-state index contributed by atoms with van der Waals surface area (Å²) in [6.07, 6.45) is 0.743. The van der Waals surface area contributed by atoms with Crippen LogP contribution in [-0.2, 0) is 4.79 Å². The number of nitrogens with zero attached hydrogens (tertiary/aromatic N) is 1. The third kappa shape index (κ3) is 4.22. The smallest absolute Gasteiger partial charge is 0.237 e. The lowest BCUT2D eigenvalue weighted by molar-refractivity contribution is -0.115. The SMILES string of the molecule is CCC(Sc1cc(C)c2cc(C)cc(C)c2n1)C(=O)Nc1cccc(C)c1C. The van der Waals surface area contributed by atoms with E-state index >= 15 is 0 Å².